The lowest BCUT2D eigenvalue weighted by molar-refractivity contribution is 0.0993. The molecule has 0 aromatic heterocycles. The number of halogens is 2. The molecule has 0 bridgehead atoms. The second-order valence-electron chi connectivity index (χ2n) is 5.02. The topological polar surface area (TPSA) is 17.1 Å². The summed E-state index contributed by atoms with van der Waals surface area (Å²) in [6.07, 6.45) is 0. The van der Waals surface area contributed by atoms with E-state index in [1.54, 1.807) is 6.92 Å². The summed E-state index contributed by atoms with van der Waals surface area (Å²) in [6.45, 7) is 5.49. The molecule has 2 aromatic rings. The number of carbonyl (C=O) groups is 1. The second kappa shape index (κ2) is 6.39. The van der Waals surface area contributed by atoms with Crippen molar-refractivity contribution >= 4 is 17.5 Å². The molecular formula is C17H16F2OS. The van der Waals surface area contributed by atoms with E-state index in [-0.39, 0.29) is 10.7 Å². The molecular weight excluding hydrogens is 290 g/mol. The van der Waals surface area contributed by atoms with Gasteiger partial charge in [0.05, 0.1) is 5.25 Å². The Morgan fingerprint density at radius 1 is 1.10 bits per heavy atom. The summed E-state index contributed by atoms with van der Waals surface area (Å²) >= 11 is 1.04. The largest absolute Gasteiger partial charge is 0.293 e. The molecule has 0 amide bonds. The lowest BCUT2D eigenvalue weighted by Gasteiger charge is -2.13. The van der Waals surface area contributed by atoms with E-state index < -0.39 is 16.9 Å². The van der Waals surface area contributed by atoms with Crippen LogP contribution in [0.5, 0.6) is 0 Å². The third-order valence-electron chi connectivity index (χ3n) is 3.22. The van der Waals surface area contributed by atoms with Gasteiger partial charge in [0, 0.05) is 10.5 Å². The highest BCUT2D eigenvalue weighted by Gasteiger charge is 2.20. The SMILES string of the molecule is Cc1ccc(C)c(C(=O)C(C)Sc2cc(F)ccc2F)c1. The van der Waals surface area contributed by atoms with Gasteiger partial charge in [0.15, 0.2) is 5.78 Å². The van der Waals surface area contributed by atoms with Crippen LogP contribution in [0.2, 0.25) is 0 Å². The van der Waals surface area contributed by atoms with Crippen molar-refractivity contribution in [1.29, 1.82) is 0 Å². The van der Waals surface area contributed by atoms with Gasteiger partial charge in [-0.1, -0.05) is 17.7 Å². The van der Waals surface area contributed by atoms with E-state index in [1.165, 1.54) is 0 Å². The van der Waals surface area contributed by atoms with Gasteiger partial charge in [-0.3, -0.25) is 4.79 Å². The Morgan fingerprint density at radius 3 is 2.52 bits per heavy atom. The molecule has 0 radical (unpaired) electrons. The molecule has 0 heterocycles. The molecule has 110 valence electrons. The Kier molecular flexibility index (Phi) is 4.78. The molecule has 1 unspecified atom stereocenters. The van der Waals surface area contributed by atoms with Crippen molar-refractivity contribution in [2.24, 2.45) is 0 Å². The van der Waals surface area contributed by atoms with Crippen molar-refractivity contribution in [3.05, 3.63) is 64.7 Å². The molecule has 4 heteroatoms. The van der Waals surface area contributed by atoms with Gasteiger partial charge in [-0.2, -0.15) is 0 Å². The normalized spacial score (nSPS) is 12.2. The van der Waals surface area contributed by atoms with Gasteiger partial charge < -0.3 is 0 Å². The van der Waals surface area contributed by atoms with Crippen LogP contribution >= 0.6 is 11.8 Å². The van der Waals surface area contributed by atoms with Crippen molar-refractivity contribution in [2.75, 3.05) is 0 Å². The number of hydrogen-bond donors (Lipinski definition) is 0. The first-order chi connectivity index (χ1) is 9.88. The summed E-state index contributed by atoms with van der Waals surface area (Å²) in [5, 5.41) is -0.484. The molecule has 0 aliphatic carbocycles. The van der Waals surface area contributed by atoms with Crippen LogP contribution < -0.4 is 0 Å². The first-order valence-electron chi connectivity index (χ1n) is 6.61. The van der Waals surface area contributed by atoms with Crippen molar-refractivity contribution in [3.63, 3.8) is 0 Å². The molecule has 21 heavy (non-hydrogen) atoms. The monoisotopic (exact) mass is 306 g/mol. The van der Waals surface area contributed by atoms with Gasteiger partial charge in [-0.15, -0.1) is 11.8 Å². The maximum atomic E-state index is 13.6. The Labute approximate surface area is 127 Å². The molecule has 0 aliphatic heterocycles. The molecule has 0 N–H and O–H groups in total. The fraction of sp³-hybridized carbons (Fsp3) is 0.235. The number of aryl methyl sites for hydroxylation is 2. The number of Topliss-reactive ketones (excluding diaryl/α,β-unsaturated/α-hetero) is 1. The van der Waals surface area contributed by atoms with E-state index in [9.17, 15) is 13.6 Å². The van der Waals surface area contributed by atoms with Crippen molar-refractivity contribution in [2.45, 2.75) is 30.9 Å². The van der Waals surface area contributed by atoms with Crippen LogP contribution in [-0.4, -0.2) is 11.0 Å². The lowest BCUT2D eigenvalue weighted by Crippen LogP contribution is -2.15. The molecule has 0 aliphatic rings. The zero-order chi connectivity index (χ0) is 15.6. The van der Waals surface area contributed by atoms with E-state index in [1.807, 2.05) is 32.0 Å². The van der Waals surface area contributed by atoms with E-state index in [0.29, 0.717) is 5.56 Å². The number of benzene rings is 2. The fourth-order valence-electron chi connectivity index (χ4n) is 2.03. The second-order valence-corrected chi connectivity index (χ2v) is 6.40. The molecule has 1 nitrogen and oxygen atoms in total. The standard InChI is InChI=1S/C17H16F2OS/c1-10-4-5-11(2)14(8-10)17(20)12(3)21-16-9-13(18)6-7-15(16)19/h4-9,12H,1-3H3. The highest BCUT2D eigenvalue weighted by atomic mass is 32.2. The van der Waals surface area contributed by atoms with Crippen molar-refractivity contribution in [3.8, 4) is 0 Å². The highest BCUT2D eigenvalue weighted by molar-refractivity contribution is 8.00. The Morgan fingerprint density at radius 2 is 1.81 bits per heavy atom. The average Bonchev–Trinajstić information content (AvgIpc) is 2.44. The van der Waals surface area contributed by atoms with Crippen LogP contribution in [0.25, 0.3) is 0 Å². The summed E-state index contributed by atoms with van der Waals surface area (Å²) in [4.78, 5) is 12.6. The number of hydrogen-bond acceptors (Lipinski definition) is 2. The fourth-order valence-corrected chi connectivity index (χ4v) is 3.01. The van der Waals surface area contributed by atoms with Gasteiger partial charge in [-0.05, 0) is 50.6 Å². The minimum atomic E-state index is -0.512. The molecule has 0 saturated carbocycles. The van der Waals surface area contributed by atoms with Crippen LogP contribution in [-0.2, 0) is 0 Å². The van der Waals surface area contributed by atoms with Crippen LogP contribution in [0.1, 0.15) is 28.4 Å². The summed E-state index contributed by atoms with van der Waals surface area (Å²) in [5.41, 5.74) is 2.52. The van der Waals surface area contributed by atoms with Crippen molar-refractivity contribution in [1.82, 2.24) is 0 Å². The van der Waals surface area contributed by atoms with E-state index in [2.05, 4.69) is 0 Å². The van der Waals surface area contributed by atoms with E-state index >= 15 is 0 Å². The summed E-state index contributed by atoms with van der Waals surface area (Å²) < 4.78 is 26.8. The summed E-state index contributed by atoms with van der Waals surface area (Å²) in [5.74, 6) is -1.10. The van der Waals surface area contributed by atoms with Crippen LogP contribution in [0, 0.1) is 25.5 Å². The predicted molar refractivity (Wildman–Crippen MR) is 81.9 cm³/mol. The summed E-state index contributed by atoms with van der Waals surface area (Å²) in [7, 11) is 0. The third kappa shape index (κ3) is 3.70. The number of rotatable bonds is 4. The molecule has 0 spiro atoms. The predicted octanol–water partition coefficient (Wildman–Crippen LogP) is 4.95. The molecule has 0 saturated heterocycles. The van der Waals surface area contributed by atoms with Gasteiger partial charge in [0.2, 0.25) is 0 Å². The first-order valence-corrected chi connectivity index (χ1v) is 7.49. The lowest BCUT2D eigenvalue weighted by atomic mass is 10.0. The minimum absolute atomic E-state index is 0.0788. The minimum Gasteiger partial charge on any atom is -0.293 e. The van der Waals surface area contributed by atoms with Gasteiger partial charge >= 0.3 is 0 Å². The van der Waals surface area contributed by atoms with Crippen LogP contribution in [0.15, 0.2) is 41.3 Å². The third-order valence-corrected chi connectivity index (χ3v) is 4.36. The maximum Gasteiger partial charge on any atom is 0.176 e. The maximum absolute atomic E-state index is 13.6. The molecule has 2 rings (SSSR count). The molecule has 1 atom stereocenters. The Bertz CT molecular complexity index is 682. The van der Waals surface area contributed by atoms with Gasteiger partial charge in [0.25, 0.3) is 0 Å². The first kappa shape index (κ1) is 15.7. The van der Waals surface area contributed by atoms with Crippen LogP contribution in [0.4, 0.5) is 8.78 Å². The molecule has 0 fully saturated rings. The van der Waals surface area contributed by atoms with Crippen LogP contribution in [0.3, 0.4) is 0 Å². The molecule has 2 aromatic carbocycles. The van der Waals surface area contributed by atoms with Crippen molar-refractivity contribution < 1.29 is 13.6 Å². The number of thioether (sulfide) groups is 1. The number of carbonyl (C=O) groups excluding carboxylic acids is 1. The Balaban J connectivity index is 2.23. The van der Waals surface area contributed by atoms with Gasteiger partial charge in [0.1, 0.15) is 11.6 Å². The Hall–Kier alpha value is -1.68. The van der Waals surface area contributed by atoms with Gasteiger partial charge in [-0.25, -0.2) is 8.78 Å². The quantitative estimate of drug-likeness (QED) is 0.587. The number of ketones is 1. The summed E-state index contributed by atoms with van der Waals surface area (Å²) in [6, 6.07) is 8.92. The zero-order valence-electron chi connectivity index (χ0n) is 12.1. The van der Waals surface area contributed by atoms with E-state index in [4.69, 9.17) is 0 Å². The van der Waals surface area contributed by atoms with E-state index in [0.717, 1.165) is 41.1 Å². The highest BCUT2D eigenvalue weighted by Crippen LogP contribution is 2.29. The zero-order valence-corrected chi connectivity index (χ0v) is 12.9. The smallest absolute Gasteiger partial charge is 0.176 e. The average molecular weight is 306 g/mol.